The van der Waals surface area contributed by atoms with Gasteiger partial charge in [-0.1, -0.05) is 48.5 Å². The normalized spacial score (nSPS) is 13.9. The van der Waals surface area contributed by atoms with Crippen molar-refractivity contribution in [2.45, 2.75) is 13.8 Å². The highest BCUT2D eigenvalue weighted by Crippen LogP contribution is 2.22. The van der Waals surface area contributed by atoms with Crippen molar-refractivity contribution < 1.29 is 4.79 Å². The van der Waals surface area contributed by atoms with Crippen LogP contribution in [0.15, 0.2) is 72.9 Å². The van der Waals surface area contributed by atoms with Crippen molar-refractivity contribution in [3.63, 3.8) is 0 Å². The lowest BCUT2D eigenvalue weighted by Gasteiger charge is -2.35. The number of amides is 1. The van der Waals surface area contributed by atoms with Crippen molar-refractivity contribution in [1.29, 1.82) is 0 Å². The van der Waals surface area contributed by atoms with Crippen LogP contribution in [0.25, 0.3) is 17.1 Å². The molecule has 4 aromatic rings. The van der Waals surface area contributed by atoms with Crippen LogP contribution < -0.4 is 4.90 Å². The quantitative estimate of drug-likeness (QED) is 0.483. The third kappa shape index (κ3) is 4.09. The van der Waals surface area contributed by atoms with Crippen LogP contribution in [-0.2, 0) is 0 Å². The molecule has 0 N–H and O–H groups in total. The van der Waals surface area contributed by atoms with Gasteiger partial charge in [0, 0.05) is 37.9 Å². The lowest BCUT2D eigenvalue weighted by molar-refractivity contribution is 0.0745. The Labute approximate surface area is 193 Å². The van der Waals surface area contributed by atoms with Crippen molar-refractivity contribution >= 4 is 11.7 Å². The van der Waals surface area contributed by atoms with Gasteiger partial charge in [-0.15, -0.1) is 0 Å². The van der Waals surface area contributed by atoms with Gasteiger partial charge in [0.25, 0.3) is 5.91 Å². The van der Waals surface area contributed by atoms with E-state index in [0.29, 0.717) is 24.5 Å². The predicted octanol–water partition coefficient (Wildman–Crippen LogP) is 3.91. The molecule has 7 heteroatoms. The molecule has 0 unspecified atom stereocenters. The smallest absolute Gasteiger partial charge is 0.257 e. The molecule has 1 amide bonds. The first-order chi connectivity index (χ1) is 16.1. The van der Waals surface area contributed by atoms with Gasteiger partial charge in [0.2, 0.25) is 0 Å². The fourth-order valence-electron chi connectivity index (χ4n) is 4.32. The molecule has 2 aromatic carbocycles. The molecule has 7 nitrogen and oxygen atoms in total. The number of carbonyl (C=O) groups is 1. The molecule has 2 aromatic heterocycles. The zero-order valence-corrected chi connectivity index (χ0v) is 18.8. The van der Waals surface area contributed by atoms with Gasteiger partial charge < -0.3 is 9.80 Å². The van der Waals surface area contributed by atoms with Gasteiger partial charge in [0.15, 0.2) is 5.82 Å². The van der Waals surface area contributed by atoms with Gasteiger partial charge in [-0.3, -0.25) is 4.79 Å². The predicted molar refractivity (Wildman–Crippen MR) is 129 cm³/mol. The van der Waals surface area contributed by atoms with Crippen LogP contribution in [0.1, 0.15) is 21.7 Å². The van der Waals surface area contributed by atoms with Crippen molar-refractivity contribution in [3.05, 3.63) is 89.9 Å². The Morgan fingerprint density at radius 3 is 2.21 bits per heavy atom. The van der Waals surface area contributed by atoms with E-state index in [1.165, 1.54) is 0 Å². The Bertz CT molecular complexity index is 1260. The van der Waals surface area contributed by atoms with Gasteiger partial charge in [-0.05, 0) is 32.0 Å². The Balaban J connectivity index is 1.30. The maximum atomic E-state index is 13.4. The molecule has 5 rings (SSSR count). The van der Waals surface area contributed by atoms with E-state index in [-0.39, 0.29) is 5.91 Å². The summed E-state index contributed by atoms with van der Waals surface area (Å²) < 4.78 is 1.85. The molecule has 1 saturated heterocycles. The zero-order valence-electron chi connectivity index (χ0n) is 18.8. The average Bonchev–Trinajstić information content (AvgIpc) is 3.18. The summed E-state index contributed by atoms with van der Waals surface area (Å²) in [4.78, 5) is 26.7. The monoisotopic (exact) mass is 438 g/mol. The van der Waals surface area contributed by atoms with Crippen LogP contribution in [0, 0.1) is 13.8 Å². The number of aromatic nitrogens is 4. The van der Waals surface area contributed by atoms with E-state index < -0.39 is 0 Å². The maximum Gasteiger partial charge on any atom is 0.257 e. The van der Waals surface area contributed by atoms with Crippen molar-refractivity contribution in [2.24, 2.45) is 0 Å². The molecular formula is C26H26N6O. The van der Waals surface area contributed by atoms with Crippen molar-refractivity contribution in [1.82, 2.24) is 24.6 Å². The van der Waals surface area contributed by atoms with Crippen LogP contribution in [0.3, 0.4) is 0 Å². The minimum Gasteiger partial charge on any atom is -0.353 e. The summed E-state index contributed by atoms with van der Waals surface area (Å²) in [6.45, 7) is 6.59. The molecule has 0 saturated carbocycles. The fourth-order valence-corrected chi connectivity index (χ4v) is 4.32. The SMILES string of the molecule is Cc1nn(-c2ccccc2)c(C)c1C(=O)N1CCN(c2ccnc(-c3ccccc3)n2)CC1. The molecular weight excluding hydrogens is 412 g/mol. The number of benzene rings is 2. The number of hydrogen-bond donors (Lipinski definition) is 0. The summed E-state index contributed by atoms with van der Waals surface area (Å²) in [6, 6.07) is 21.8. The van der Waals surface area contributed by atoms with E-state index in [0.717, 1.165) is 41.5 Å². The Kier molecular flexibility index (Phi) is 5.60. The highest BCUT2D eigenvalue weighted by molar-refractivity contribution is 5.96. The van der Waals surface area contributed by atoms with E-state index in [1.54, 1.807) is 6.20 Å². The molecule has 33 heavy (non-hydrogen) atoms. The summed E-state index contributed by atoms with van der Waals surface area (Å²) in [5, 5.41) is 4.64. The molecule has 0 spiro atoms. The second kappa shape index (κ2) is 8.86. The zero-order chi connectivity index (χ0) is 22.8. The van der Waals surface area contributed by atoms with Crippen LogP contribution in [0.2, 0.25) is 0 Å². The van der Waals surface area contributed by atoms with Gasteiger partial charge in [0.1, 0.15) is 5.82 Å². The third-order valence-corrected chi connectivity index (χ3v) is 6.07. The standard InChI is InChI=1S/C26H26N6O/c1-19-24(20(2)32(29-19)22-11-7-4-8-12-22)26(33)31-17-15-30(16-18-31)23-13-14-27-25(28-23)21-9-5-3-6-10-21/h3-14H,15-18H2,1-2H3. The molecule has 3 heterocycles. The third-order valence-electron chi connectivity index (χ3n) is 6.07. The topological polar surface area (TPSA) is 67.2 Å². The summed E-state index contributed by atoms with van der Waals surface area (Å²) in [6.07, 6.45) is 1.80. The first-order valence-corrected chi connectivity index (χ1v) is 11.2. The first kappa shape index (κ1) is 20.9. The highest BCUT2D eigenvalue weighted by atomic mass is 16.2. The van der Waals surface area contributed by atoms with Crippen LogP contribution in [-0.4, -0.2) is 56.7 Å². The van der Waals surface area contributed by atoms with E-state index in [2.05, 4.69) is 15.0 Å². The summed E-state index contributed by atoms with van der Waals surface area (Å²) in [7, 11) is 0. The molecule has 166 valence electrons. The van der Waals surface area contributed by atoms with Gasteiger partial charge >= 0.3 is 0 Å². The van der Waals surface area contributed by atoms with Crippen LogP contribution in [0.4, 0.5) is 5.82 Å². The highest BCUT2D eigenvalue weighted by Gasteiger charge is 2.27. The number of para-hydroxylation sites is 1. The van der Waals surface area contributed by atoms with Crippen LogP contribution >= 0.6 is 0 Å². The Morgan fingerprint density at radius 2 is 1.52 bits per heavy atom. The van der Waals surface area contributed by atoms with Gasteiger partial charge in [-0.2, -0.15) is 5.10 Å². The molecule has 1 fully saturated rings. The largest absolute Gasteiger partial charge is 0.353 e. The summed E-state index contributed by atoms with van der Waals surface area (Å²) in [5.41, 5.74) is 4.27. The molecule has 1 aliphatic heterocycles. The second-order valence-electron chi connectivity index (χ2n) is 8.18. The summed E-state index contributed by atoms with van der Waals surface area (Å²) >= 11 is 0. The number of nitrogens with zero attached hydrogens (tertiary/aromatic N) is 6. The fraction of sp³-hybridized carbons (Fsp3) is 0.231. The maximum absolute atomic E-state index is 13.4. The van der Waals surface area contributed by atoms with E-state index in [4.69, 9.17) is 4.98 Å². The van der Waals surface area contributed by atoms with E-state index >= 15 is 0 Å². The first-order valence-electron chi connectivity index (χ1n) is 11.2. The van der Waals surface area contributed by atoms with Crippen molar-refractivity contribution in [3.8, 4) is 17.1 Å². The second-order valence-corrected chi connectivity index (χ2v) is 8.18. The minimum absolute atomic E-state index is 0.0412. The molecule has 0 aliphatic carbocycles. The van der Waals surface area contributed by atoms with Gasteiger partial charge in [-0.25, -0.2) is 14.6 Å². The van der Waals surface area contributed by atoms with Gasteiger partial charge in [0.05, 0.1) is 22.6 Å². The van der Waals surface area contributed by atoms with Crippen molar-refractivity contribution in [2.75, 3.05) is 31.1 Å². The number of carbonyl (C=O) groups excluding carboxylic acids is 1. The lowest BCUT2D eigenvalue weighted by Crippen LogP contribution is -2.49. The summed E-state index contributed by atoms with van der Waals surface area (Å²) in [5.74, 6) is 1.64. The Morgan fingerprint density at radius 1 is 0.848 bits per heavy atom. The molecule has 1 aliphatic rings. The molecule has 0 bridgehead atoms. The number of hydrogen-bond acceptors (Lipinski definition) is 5. The Hall–Kier alpha value is -4.00. The average molecular weight is 439 g/mol. The van der Waals surface area contributed by atoms with E-state index in [9.17, 15) is 4.79 Å². The minimum atomic E-state index is 0.0412. The number of aryl methyl sites for hydroxylation is 1. The lowest BCUT2D eigenvalue weighted by atomic mass is 10.1. The molecule has 0 atom stereocenters. The number of rotatable bonds is 4. The molecule has 0 radical (unpaired) electrons. The number of piperazine rings is 1. The van der Waals surface area contributed by atoms with Crippen LogP contribution in [0.5, 0.6) is 0 Å². The number of anilines is 1. The van der Waals surface area contributed by atoms with E-state index in [1.807, 2.05) is 90.2 Å².